The summed E-state index contributed by atoms with van der Waals surface area (Å²) in [6.45, 7) is 9.93. The van der Waals surface area contributed by atoms with Crippen LogP contribution in [0.5, 0.6) is 0 Å². The van der Waals surface area contributed by atoms with Crippen molar-refractivity contribution in [2.24, 2.45) is 0 Å². The van der Waals surface area contributed by atoms with E-state index >= 15 is 0 Å². The minimum absolute atomic E-state index is 0.0666. The van der Waals surface area contributed by atoms with Crippen molar-refractivity contribution in [3.8, 4) is 0 Å². The summed E-state index contributed by atoms with van der Waals surface area (Å²) in [7, 11) is -2.55. The normalized spacial score (nSPS) is 11.9. The summed E-state index contributed by atoms with van der Waals surface area (Å²) < 4.78 is 28.6. The molecule has 39 heavy (non-hydrogen) atoms. The monoisotopic (exact) mass is 560 g/mol. The van der Waals surface area contributed by atoms with Gasteiger partial charge in [-0.3, -0.25) is 9.59 Å². The first-order valence-electron chi connectivity index (χ1n) is 13.6. The van der Waals surface area contributed by atoms with Crippen molar-refractivity contribution in [1.29, 1.82) is 0 Å². The van der Waals surface area contributed by atoms with Gasteiger partial charge in [0.05, 0.1) is 46.2 Å². The number of carboxylic acids is 1. The van der Waals surface area contributed by atoms with Gasteiger partial charge < -0.3 is 28.5 Å². The second-order valence-electron chi connectivity index (χ2n) is 10.2. The number of aliphatic carboxylic acids is 1. The first-order chi connectivity index (χ1) is 18.8. The van der Waals surface area contributed by atoms with Crippen LogP contribution in [0.25, 0.3) is 0 Å². The number of benzene rings is 2. The third-order valence-electron chi connectivity index (χ3n) is 6.22. The summed E-state index contributed by atoms with van der Waals surface area (Å²) in [6, 6.07) is 21.1. The van der Waals surface area contributed by atoms with Gasteiger partial charge in [-0.2, -0.15) is 0 Å². The Morgan fingerprint density at radius 2 is 1.10 bits per heavy atom. The van der Waals surface area contributed by atoms with Crippen molar-refractivity contribution < 1.29 is 38.1 Å². The number of ether oxygens (including phenoxy) is 4. The Balaban J connectivity index is 1.60. The van der Waals surface area contributed by atoms with Gasteiger partial charge in [-0.05, 0) is 28.3 Å². The van der Waals surface area contributed by atoms with E-state index in [0.29, 0.717) is 59.1 Å². The lowest BCUT2D eigenvalue weighted by Crippen LogP contribution is -2.66. The van der Waals surface area contributed by atoms with Gasteiger partial charge >= 0.3 is 11.9 Å². The van der Waals surface area contributed by atoms with Crippen LogP contribution >= 0.6 is 0 Å². The molecule has 0 amide bonds. The van der Waals surface area contributed by atoms with Gasteiger partial charge in [0.1, 0.15) is 6.61 Å². The summed E-state index contributed by atoms with van der Waals surface area (Å²) in [4.78, 5) is 22.0. The minimum Gasteiger partial charge on any atom is -0.481 e. The fourth-order valence-corrected chi connectivity index (χ4v) is 8.93. The molecule has 0 bridgehead atoms. The lowest BCUT2D eigenvalue weighted by Gasteiger charge is -2.43. The third-order valence-corrected chi connectivity index (χ3v) is 11.3. The van der Waals surface area contributed by atoms with E-state index in [1.54, 1.807) is 0 Å². The lowest BCUT2D eigenvalue weighted by molar-refractivity contribution is -0.146. The van der Waals surface area contributed by atoms with E-state index in [4.69, 9.17) is 28.5 Å². The fourth-order valence-electron chi connectivity index (χ4n) is 4.39. The molecule has 0 heterocycles. The van der Waals surface area contributed by atoms with Gasteiger partial charge in [-0.25, -0.2) is 0 Å². The van der Waals surface area contributed by atoms with Crippen molar-refractivity contribution in [2.75, 3.05) is 52.9 Å². The Kier molecular flexibility index (Phi) is 15.0. The molecule has 0 fully saturated rings. The molecule has 2 aromatic carbocycles. The molecule has 0 radical (unpaired) electrons. The van der Waals surface area contributed by atoms with Gasteiger partial charge in [0.15, 0.2) is 0 Å². The average Bonchev–Trinajstić information content (AvgIpc) is 2.91. The smallest absolute Gasteiger partial charge is 0.305 e. The number of carbonyl (C=O) groups excluding carboxylic acids is 1. The number of carbonyl (C=O) groups is 2. The summed E-state index contributed by atoms with van der Waals surface area (Å²) in [6.07, 6.45) is 1.26. The Morgan fingerprint density at radius 3 is 1.56 bits per heavy atom. The molecular weight excluding hydrogens is 516 g/mol. The predicted molar refractivity (Wildman–Crippen MR) is 153 cm³/mol. The minimum atomic E-state index is -2.55. The Bertz CT molecular complexity index is 907. The maximum atomic E-state index is 11.5. The van der Waals surface area contributed by atoms with Crippen LogP contribution in [-0.2, 0) is 33.0 Å². The molecule has 8 nitrogen and oxygen atoms in total. The summed E-state index contributed by atoms with van der Waals surface area (Å²) >= 11 is 0. The molecule has 1 N–H and O–H groups in total. The van der Waals surface area contributed by atoms with E-state index in [1.807, 2.05) is 12.1 Å². The Hall–Kier alpha value is -2.56. The summed E-state index contributed by atoms with van der Waals surface area (Å²) in [5.74, 6) is -1.19. The molecule has 2 rings (SSSR count). The van der Waals surface area contributed by atoms with Gasteiger partial charge in [0, 0.05) is 12.8 Å². The maximum absolute atomic E-state index is 11.5. The number of hydrogen-bond donors (Lipinski definition) is 1. The number of unbranched alkanes of at least 4 members (excludes halogenated alkanes) is 1. The molecule has 0 saturated heterocycles. The SMILES string of the molecule is CC(C)(C)[Si](OCCOCCOCCOCCOC(=O)CCCCC(=O)O)(c1ccccc1)c1ccccc1. The quantitative estimate of drug-likeness (QED) is 0.148. The summed E-state index contributed by atoms with van der Waals surface area (Å²) in [5, 5.41) is 11.0. The number of esters is 1. The molecule has 216 valence electrons. The van der Waals surface area contributed by atoms with Crippen molar-refractivity contribution >= 4 is 30.6 Å². The molecule has 2 aromatic rings. The largest absolute Gasteiger partial charge is 0.481 e. The topological polar surface area (TPSA) is 101 Å². The molecule has 9 heteroatoms. The van der Waals surface area contributed by atoms with Crippen molar-refractivity contribution in [3.63, 3.8) is 0 Å². The number of carboxylic acid groups (broad SMARTS) is 1. The highest BCUT2D eigenvalue weighted by molar-refractivity contribution is 6.99. The van der Waals surface area contributed by atoms with Crippen LogP contribution in [0.3, 0.4) is 0 Å². The third kappa shape index (κ3) is 11.6. The van der Waals surface area contributed by atoms with E-state index in [0.717, 1.165) is 0 Å². The zero-order valence-corrected chi connectivity index (χ0v) is 24.6. The molecule has 0 aliphatic rings. The first kappa shape index (κ1) is 32.6. The van der Waals surface area contributed by atoms with Gasteiger partial charge in [-0.15, -0.1) is 0 Å². The molecule has 0 unspecified atom stereocenters. The zero-order valence-electron chi connectivity index (χ0n) is 23.6. The molecule has 0 atom stereocenters. The van der Waals surface area contributed by atoms with Crippen LogP contribution in [0.2, 0.25) is 5.04 Å². The zero-order chi connectivity index (χ0) is 28.4. The van der Waals surface area contributed by atoms with E-state index in [9.17, 15) is 9.59 Å². The highest BCUT2D eigenvalue weighted by Crippen LogP contribution is 2.36. The number of hydrogen-bond acceptors (Lipinski definition) is 7. The number of rotatable bonds is 20. The van der Waals surface area contributed by atoms with Crippen LogP contribution in [-0.4, -0.2) is 78.2 Å². The van der Waals surface area contributed by atoms with Crippen LogP contribution in [0.4, 0.5) is 0 Å². The molecule has 0 spiro atoms. The van der Waals surface area contributed by atoms with E-state index in [1.165, 1.54) is 10.4 Å². The van der Waals surface area contributed by atoms with Crippen molar-refractivity contribution in [3.05, 3.63) is 60.7 Å². The molecule has 0 aromatic heterocycles. The first-order valence-corrected chi connectivity index (χ1v) is 15.5. The van der Waals surface area contributed by atoms with E-state index in [2.05, 4.69) is 69.3 Å². The van der Waals surface area contributed by atoms with Crippen LogP contribution in [0.1, 0.15) is 46.5 Å². The Labute approximate surface area is 233 Å². The molecule has 0 saturated carbocycles. The van der Waals surface area contributed by atoms with Crippen LogP contribution in [0, 0.1) is 0 Å². The molecule has 0 aliphatic carbocycles. The van der Waals surface area contributed by atoms with Crippen molar-refractivity contribution in [1.82, 2.24) is 0 Å². The van der Waals surface area contributed by atoms with Crippen molar-refractivity contribution in [2.45, 2.75) is 51.5 Å². The maximum Gasteiger partial charge on any atom is 0.305 e. The second-order valence-corrected chi connectivity index (χ2v) is 14.5. The van der Waals surface area contributed by atoms with E-state index < -0.39 is 14.3 Å². The van der Waals surface area contributed by atoms with Crippen LogP contribution < -0.4 is 10.4 Å². The van der Waals surface area contributed by atoms with Gasteiger partial charge in [0.25, 0.3) is 8.32 Å². The Morgan fingerprint density at radius 1 is 0.667 bits per heavy atom. The predicted octanol–water partition coefficient (Wildman–Crippen LogP) is 3.80. The van der Waals surface area contributed by atoms with E-state index in [-0.39, 0.29) is 30.5 Å². The highest BCUT2D eigenvalue weighted by atomic mass is 28.4. The average molecular weight is 561 g/mol. The summed E-state index contributed by atoms with van der Waals surface area (Å²) in [5.41, 5.74) is 0. The van der Waals surface area contributed by atoms with Gasteiger partial charge in [0.2, 0.25) is 0 Å². The van der Waals surface area contributed by atoms with Gasteiger partial charge in [-0.1, -0.05) is 81.4 Å². The lowest BCUT2D eigenvalue weighted by atomic mass is 10.2. The molecular formula is C30H44O8Si. The fraction of sp³-hybridized carbons (Fsp3) is 0.533. The second kappa shape index (κ2) is 17.9. The standard InChI is InChI=1S/C30H44O8Si/c1-30(2,3)39(26-12-6-4-7-13-26,27-14-8-5-9-15-27)38-25-23-36-21-19-34-18-20-35-22-24-37-29(33)17-11-10-16-28(31)32/h4-9,12-15H,10-11,16-25H2,1-3H3,(H,31,32). The molecule has 0 aliphatic heterocycles. The van der Waals surface area contributed by atoms with Crippen LogP contribution in [0.15, 0.2) is 60.7 Å². The highest BCUT2D eigenvalue weighted by Gasteiger charge is 2.49.